The summed E-state index contributed by atoms with van der Waals surface area (Å²) < 4.78 is 5.66. The van der Waals surface area contributed by atoms with Crippen LogP contribution in [0, 0.1) is 5.92 Å². The van der Waals surface area contributed by atoms with Crippen molar-refractivity contribution in [2.45, 2.75) is 66.2 Å². The fourth-order valence-corrected chi connectivity index (χ4v) is 4.18. The van der Waals surface area contributed by atoms with Crippen molar-refractivity contribution in [2.24, 2.45) is 5.92 Å². The monoisotopic (exact) mass is 471 g/mol. The van der Waals surface area contributed by atoms with E-state index in [0.29, 0.717) is 12.0 Å². The van der Waals surface area contributed by atoms with Crippen molar-refractivity contribution in [2.75, 3.05) is 40.9 Å². The van der Waals surface area contributed by atoms with Gasteiger partial charge in [0.1, 0.15) is 5.75 Å². The number of aliphatic hydroxyl groups is 1. The van der Waals surface area contributed by atoms with Crippen LogP contribution < -0.4 is 10.1 Å². The molecule has 0 bridgehead atoms. The van der Waals surface area contributed by atoms with Crippen LogP contribution in [0.5, 0.6) is 5.75 Å². The van der Waals surface area contributed by atoms with Crippen molar-refractivity contribution in [3.05, 3.63) is 65.2 Å². The Labute approximate surface area is 209 Å². The largest absolute Gasteiger partial charge is 0.496 e. The van der Waals surface area contributed by atoms with Gasteiger partial charge in [0.25, 0.3) is 0 Å². The lowest BCUT2D eigenvalue weighted by Gasteiger charge is -2.35. The topological polar surface area (TPSA) is 48.0 Å². The van der Waals surface area contributed by atoms with Crippen molar-refractivity contribution in [1.82, 2.24) is 15.1 Å². The Morgan fingerprint density at radius 3 is 2.32 bits per heavy atom. The van der Waals surface area contributed by atoms with Gasteiger partial charge in [-0.3, -0.25) is 4.90 Å². The Bertz CT molecular complexity index is 769. The first-order valence-corrected chi connectivity index (χ1v) is 12.8. The summed E-state index contributed by atoms with van der Waals surface area (Å²) in [6, 6.07) is 17.7. The van der Waals surface area contributed by atoms with E-state index in [1.807, 2.05) is 19.9 Å². The minimum absolute atomic E-state index is 0.230. The summed E-state index contributed by atoms with van der Waals surface area (Å²) in [6.45, 7) is 13.3. The third kappa shape index (κ3) is 11.5. The predicted octanol–water partition coefficient (Wildman–Crippen LogP) is 5.17. The molecule has 5 nitrogen and oxygen atoms in total. The number of rotatable bonds is 15. The van der Waals surface area contributed by atoms with Crippen molar-refractivity contribution in [1.29, 1.82) is 0 Å². The number of ether oxygens (including phenoxy) is 1. The van der Waals surface area contributed by atoms with E-state index in [1.54, 1.807) is 7.11 Å². The first-order valence-electron chi connectivity index (χ1n) is 12.8. The quantitative estimate of drug-likeness (QED) is 0.351. The summed E-state index contributed by atoms with van der Waals surface area (Å²) in [4.78, 5) is 4.90. The number of hydrogen-bond donors (Lipinski definition) is 2. The van der Waals surface area contributed by atoms with E-state index in [-0.39, 0.29) is 6.61 Å². The Morgan fingerprint density at radius 2 is 1.68 bits per heavy atom. The number of para-hydroxylation sites is 1. The number of methoxy groups -OCH3 is 1. The second kappa shape index (κ2) is 17.5. The molecule has 0 heterocycles. The zero-order chi connectivity index (χ0) is 25.3. The van der Waals surface area contributed by atoms with Crippen LogP contribution >= 0.6 is 0 Å². The molecule has 0 aliphatic heterocycles. The maximum Gasteiger partial charge on any atom is 0.123 e. The lowest BCUT2D eigenvalue weighted by Crippen LogP contribution is -2.42. The molecule has 192 valence electrons. The van der Waals surface area contributed by atoms with Gasteiger partial charge in [-0.1, -0.05) is 70.2 Å². The molecule has 5 heteroatoms. The predicted molar refractivity (Wildman–Crippen MR) is 145 cm³/mol. The summed E-state index contributed by atoms with van der Waals surface area (Å²) in [7, 11) is 6.07. The molecular weight excluding hydrogens is 422 g/mol. The molecule has 0 aliphatic rings. The van der Waals surface area contributed by atoms with E-state index in [9.17, 15) is 0 Å². The van der Waals surface area contributed by atoms with Gasteiger partial charge in [0, 0.05) is 44.4 Å². The number of likely N-dealkylation sites (N-methyl/N-ethyl adjacent to an activating group) is 1. The maximum atomic E-state index is 8.98. The molecule has 0 unspecified atom stereocenters. The summed E-state index contributed by atoms with van der Waals surface area (Å²) in [5.41, 5.74) is 3.84. The van der Waals surface area contributed by atoms with Gasteiger partial charge in [-0.2, -0.15) is 0 Å². The molecule has 2 N–H and O–H groups in total. The maximum absolute atomic E-state index is 8.98. The summed E-state index contributed by atoms with van der Waals surface area (Å²) in [5.74, 6) is 1.58. The van der Waals surface area contributed by atoms with Crippen LogP contribution in [0.1, 0.15) is 57.2 Å². The lowest BCUT2D eigenvalue weighted by molar-refractivity contribution is 0.126. The first-order chi connectivity index (χ1) is 16.4. The summed E-state index contributed by atoms with van der Waals surface area (Å²) in [5, 5.41) is 12.4. The second-order valence-corrected chi connectivity index (χ2v) is 9.34. The lowest BCUT2D eigenvalue weighted by atomic mass is 9.99. The molecule has 34 heavy (non-hydrogen) atoms. The zero-order valence-electron chi connectivity index (χ0n) is 22.7. The van der Waals surface area contributed by atoms with Gasteiger partial charge in [0.2, 0.25) is 0 Å². The molecule has 0 saturated heterocycles. The Hall–Kier alpha value is -1.92. The first kappa shape index (κ1) is 30.1. The molecular formula is C29H49N3O2. The molecule has 0 amide bonds. The highest BCUT2D eigenvalue weighted by Gasteiger charge is 2.22. The molecule has 2 aromatic rings. The Balaban J connectivity index is 0.00000281. The number of hydrogen-bond acceptors (Lipinski definition) is 5. The van der Waals surface area contributed by atoms with Gasteiger partial charge >= 0.3 is 0 Å². The van der Waals surface area contributed by atoms with Crippen LogP contribution in [-0.4, -0.2) is 61.8 Å². The molecule has 0 spiro atoms. The van der Waals surface area contributed by atoms with Gasteiger partial charge in [-0.05, 0) is 56.6 Å². The van der Waals surface area contributed by atoms with E-state index >= 15 is 0 Å². The Kier molecular flexibility index (Phi) is 15.5. The number of aliphatic hydroxyl groups excluding tert-OH is 1. The van der Waals surface area contributed by atoms with Crippen LogP contribution in [0.2, 0.25) is 0 Å². The highest BCUT2D eigenvalue weighted by Crippen LogP contribution is 2.24. The average molecular weight is 472 g/mol. The van der Waals surface area contributed by atoms with Gasteiger partial charge in [0.05, 0.1) is 7.11 Å². The molecule has 1 atom stereocenters. The SMILES string of the molecule is CC.COc1ccccc1CN(Cc1cccc(CNCCCO)c1)[C@@H](CC(C)C)CN(C)C. The summed E-state index contributed by atoms with van der Waals surface area (Å²) in [6.07, 6.45) is 1.93. The third-order valence-electron chi connectivity index (χ3n) is 5.62. The fourth-order valence-electron chi connectivity index (χ4n) is 4.18. The third-order valence-corrected chi connectivity index (χ3v) is 5.62. The molecule has 0 aliphatic carbocycles. The van der Waals surface area contributed by atoms with E-state index < -0.39 is 0 Å². The van der Waals surface area contributed by atoms with Gasteiger partial charge in [0.15, 0.2) is 0 Å². The van der Waals surface area contributed by atoms with E-state index in [2.05, 4.69) is 85.5 Å². The van der Waals surface area contributed by atoms with Crippen LogP contribution in [0.25, 0.3) is 0 Å². The van der Waals surface area contributed by atoms with Gasteiger partial charge in [-0.15, -0.1) is 0 Å². The molecule has 0 fully saturated rings. The normalized spacial score (nSPS) is 12.1. The van der Waals surface area contributed by atoms with Crippen LogP contribution in [0.3, 0.4) is 0 Å². The molecule has 0 radical (unpaired) electrons. The number of nitrogens with one attached hydrogen (secondary N) is 1. The zero-order valence-corrected chi connectivity index (χ0v) is 22.7. The highest BCUT2D eigenvalue weighted by molar-refractivity contribution is 5.33. The van der Waals surface area contributed by atoms with Crippen molar-refractivity contribution >= 4 is 0 Å². The number of benzene rings is 2. The van der Waals surface area contributed by atoms with Crippen LogP contribution in [-0.2, 0) is 19.6 Å². The van der Waals surface area contributed by atoms with Crippen LogP contribution in [0.15, 0.2) is 48.5 Å². The molecule has 0 aromatic heterocycles. The molecule has 2 rings (SSSR count). The number of nitrogens with zero attached hydrogens (tertiary/aromatic N) is 2. The fraction of sp³-hybridized carbons (Fsp3) is 0.586. The standard InChI is InChI=1S/C27H43N3O2.C2H6/c1-22(2)16-26(21-29(3)4)30(20-25-12-6-7-13-27(25)32-5)19-24-11-8-10-23(17-24)18-28-14-9-15-31;1-2/h6-8,10-13,17,22,26,28,31H,9,14-16,18-21H2,1-5H3;1-2H3/t26-;/m0./s1. The van der Waals surface area contributed by atoms with Crippen LogP contribution in [0.4, 0.5) is 0 Å². The van der Waals surface area contributed by atoms with Crippen molar-refractivity contribution in [3.63, 3.8) is 0 Å². The second-order valence-electron chi connectivity index (χ2n) is 9.34. The van der Waals surface area contributed by atoms with Gasteiger partial charge in [-0.25, -0.2) is 0 Å². The van der Waals surface area contributed by atoms with E-state index in [0.717, 1.165) is 51.3 Å². The average Bonchev–Trinajstić information content (AvgIpc) is 2.82. The minimum atomic E-state index is 0.230. The minimum Gasteiger partial charge on any atom is -0.496 e. The summed E-state index contributed by atoms with van der Waals surface area (Å²) >= 11 is 0. The van der Waals surface area contributed by atoms with Crippen molar-refractivity contribution in [3.8, 4) is 5.75 Å². The Morgan fingerprint density at radius 1 is 0.971 bits per heavy atom. The van der Waals surface area contributed by atoms with Crippen molar-refractivity contribution < 1.29 is 9.84 Å². The van der Waals surface area contributed by atoms with Gasteiger partial charge < -0.3 is 20.1 Å². The smallest absolute Gasteiger partial charge is 0.123 e. The van der Waals surface area contributed by atoms with E-state index in [1.165, 1.54) is 16.7 Å². The molecule has 0 saturated carbocycles. The highest BCUT2D eigenvalue weighted by atomic mass is 16.5. The molecule has 2 aromatic carbocycles. The van der Waals surface area contributed by atoms with E-state index in [4.69, 9.17) is 9.84 Å².